The number of carbonyl (C=O) groups is 2. The van der Waals surface area contributed by atoms with E-state index in [1.54, 1.807) is 24.3 Å². The van der Waals surface area contributed by atoms with Gasteiger partial charge in [0.1, 0.15) is 0 Å². The van der Waals surface area contributed by atoms with E-state index >= 15 is 0 Å². The highest BCUT2D eigenvalue weighted by atomic mass is 16.5. The zero-order valence-corrected chi connectivity index (χ0v) is 13.3. The SMILES string of the molecule is COC(=O)c1ccccc1C1COCC1c1ccccc1C(=O)O. The first-order valence-electron chi connectivity index (χ1n) is 7.70. The molecule has 1 saturated heterocycles. The highest BCUT2D eigenvalue weighted by Crippen LogP contribution is 2.40. The Kier molecular flexibility index (Phi) is 4.62. The third kappa shape index (κ3) is 2.90. The number of hydrogen-bond donors (Lipinski definition) is 1. The molecule has 124 valence electrons. The summed E-state index contributed by atoms with van der Waals surface area (Å²) in [6.45, 7) is 0.858. The van der Waals surface area contributed by atoms with Crippen molar-refractivity contribution in [3.8, 4) is 0 Å². The molecule has 1 fully saturated rings. The van der Waals surface area contributed by atoms with Crippen LogP contribution in [0.15, 0.2) is 48.5 Å². The molecule has 1 aliphatic rings. The van der Waals surface area contributed by atoms with Crippen LogP contribution in [-0.2, 0) is 9.47 Å². The number of ether oxygens (including phenoxy) is 2. The Labute approximate surface area is 139 Å². The predicted molar refractivity (Wildman–Crippen MR) is 87.5 cm³/mol. The van der Waals surface area contributed by atoms with Gasteiger partial charge in [-0.05, 0) is 23.3 Å². The van der Waals surface area contributed by atoms with Gasteiger partial charge in [-0.15, -0.1) is 0 Å². The number of carbonyl (C=O) groups excluding carboxylic acids is 1. The molecule has 2 unspecified atom stereocenters. The van der Waals surface area contributed by atoms with Crippen LogP contribution in [-0.4, -0.2) is 37.4 Å². The first-order valence-corrected chi connectivity index (χ1v) is 7.70. The van der Waals surface area contributed by atoms with Crippen LogP contribution in [0, 0.1) is 0 Å². The van der Waals surface area contributed by atoms with E-state index in [2.05, 4.69) is 0 Å². The molecule has 0 radical (unpaired) electrons. The molecule has 1 aliphatic heterocycles. The lowest BCUT2D eigenvalue weighted by Crippen LogP contribution is -2.16. The van der Waals surface area contributed by atoms with Crippen molar-refractivity contribution in [3.63, 3.8) is 0 Å². The number of esters is 1. The first kappa shape index (κ1) is 16.2. The number of carboxylic acid groups (broad SMARTS) is 1. The van der Waals surface area contributed by atoms with Gasteiger partial charge in [0.15, 0.2) is 0 Å². The number of carboxylic acids is 1. The summed E-state index contributed by atoms with van der Waals surface area (Å²) in [5.41, 5.74) is 2.32. The average Bonchev–Trinajstić information content (AvgIpc) is 3.10. The minimum absolute atomic E-state index is 0.0965. The summed E-state index contributed by atoms with van der Waals surface area (Å²) < 4.78 is 10.5. The second-order valence-electron chi connectivity index (χ2n) is 5.72. The van der Waals surface area contributed by atoms with Crippen LogP contribution in [0.5, 0.6) is 0 Å². The van der Waals surface area contributed by atoms with E-state index in [0.717, 1.165) is 11.1 Å². The van der Waals surface area contributed by atoms with Crippen LogP contribution in [0.4, 0.5) is 0 Å². The molecule has 2 atom stereocenters. The van der Waals surface area contributed by atoms with Gasteiger partial charge in [-0.25, -0.2) is 9.59 Å². The lowest BCUT2D eigenvalue weighted by atomic mass is 9.80. The molecule has 2 aromatic carbocycles. The summed E-state index contributed by atoms with van der Waals surface area (Å²) in [6.07, 6.45) is 0. The van der Waals surface area contributed by atoms with E-state index in [0.29, 0.717) is 18.8 Å². The number of hydrogen-bond acceptors (Lipinski definition) is 4. The predicted octanol–water partition coefficient (Wildman–Crippen LogP) is 3.07. The lowest BCUT2D eigenvalue weighted by Gasteiger charge is -2.21. The Hall–Kier alpha value is -2.66. The van der Waals surface area contributed by atoms with Crippen LogP contribution < -0.4 is 0 Å². The largest absolute Gasteiger partial charge is 0.478 e. The summed E-state index contributed by atoms with van der Waals surface area (Å²) >= 11 is 0. The molecule has 0 spiro atoms. The van der Waals surface area contributed by atoms with Crippen LogP contribution in [0.3, 0.4) is 0 Å². The van der Waals surface area contributed by atoms with Crippen molar-refractivity contribution in [2.24, 2.45) is 0 Å². The van der Waals surface area contributed by atoms with Crippen molar-refractivity contribution in [3.05, 3.63) is 70.8 Å². The van der Waals surface area contributed by atoms with E-state index < -0.39 is 11.9 Å². The first-order chi connectivity index (χ1) is 11.6. The molecule has 1 N–H and O–H groups in total. The highest BCUT2D eigenvalue weighted by Gasteiger charge is 2.35. The van der Waals surface area contributed by atoms with Gasteiger partial charge in [0.05, 0.1) is 31.5 Å². The minimum Gasteiger partial charge on any atom is -0.478 e. The fourth-order valence-electron chi connectivity index (χ4n) is 3.30. The molecule has 0 aromatic heterocycles. The van der Waals surface area contributed by atoms with Crippen molar-refractivity contribution in [1.82, 2.24) is 0 Å². The molecule has 1 heterocycles. The zero-order chi connectivity index (χ0) is 17.1. The standard InChI is InChI=1S/C19H18O5/c1-23-19(22)15-9-5-3-7-13(15)17-11-24-10-16(17)12-6-2-4-8-14(12)18(20)21/h2-9,16-17H,10-11H2,1H3,(H,20,21). The molecule has 2 aromatic rings. The molecule has 3 rings (SSSR count). The summed E-state index contributed by atoms with van der Waals surface area (Å²) in [7, 11) is 1.35. The number of aromatic carboxylic acids is 1. The Balaban J connectivity index is 2.05. The second kappa shape index (κ2) is 6.84. The van der Waals surface area contributed by atoms with E-state index in [-0.39, 0.29) is 17.4 Å². The van der Waals surface area contributed by atoms with Gasteiger partial charge < -0.3 is 14.6 Å². The number of rotatable bonds is 4. The Morgan fingerprint density at radius 3 is 2.00 bits per heavy atom. The van der Waals surface area contributed by atoms with E-state index in [1.165, 1.54) is 7.11 Å². The van der Waals surface area contributed by atoms with Crippen LogP contribution in [0.2, 0.25) is 0 Å². The Morgan fingerprint density at radius 1 is 0.958 bits per heavy atom. The smallest absolute Gasteiger partial charge is 0.338 e. The fraction of sp³-hybridized carbons (Fsp3) is 0.263. The van der Waals surface area contributed by atoms with E-state index in [1.807, 2.05) is 24.3 Å². The quantitative estimate of drug-likeness (QED) is 0.874. The maximum atomic E-state index is 12.1. The molecule has 0 aliphatic carbocycles. The van der Waals surface area contributed by atoms with Gasteiger partial charge in [0.25, 0.3) is 0 Å². The molecular weight excluding hydrogens is 308 g/mol. The van der Waals surface area contributed by atoms with Gasteiger partial charge in [0, 0.05) is 11.8 Å². The molecule has 24 heavy (non-hydrogen) atoms. The summed E-state index contributed by atoms with van der Waals surface area (Å²) in [6, 6.07) is 14.2. The Morgan fingerprint density at radius 2 is 1.46 bits per heavy atom. The molecule has 5 nitrogen and oxygen atoms in total. The zero-order valence-electron chi connectivity index (χ0n) is 13.3. The maximum absolute atomic E-state index is 12.1. The van der Waals surface area contributed by atoms with E-state index in [9.17, 15) is 14.7 Å². The number of methoxy groups -OCH3 is 1. The van der Waals surface area contributed by atoms with Gasteiger partial charge in [-0.2, -0.15) is 0 Å². The lowest BCUT2D eigenvalue weighted by molar-refractivity contribution is 0.0597. The third-order valence-electron chi connectivity index (χ3n) is 4.44. The normalized spacial score (nSPS) is 19.9. The highest BCUT2D eigenvalue weighted by molar-refractivity contribution is 5.91. The topological polar surface area (TPSA) is 72.8 Å². The van der Waals surface area contributed by atoms with Gasteiger partial charge in [-0.3, -0.25) is 0 Å². The maximum Gasteiger partial charge on any atom is 0.338 e. The van der Waals surface area contributed by atoms with Crippen molar-refractivity contribution in [2.45, 2.75) is 11.8 Å². The van der Waals surface area contributed by atoms with Gasteiger partial charge in [-0.1, -0.05) is 36.4 Å². The summed E-state index contributed by atoms with van der Waals surface area (Å²) in [4.78, 5) is 23.6. The van der Waals surface area contributed by atoms with E-state index in [4.69, 9.17) is 9.47 Å². The third-order valence-corrected chi connectivity index (χ3v) is 4.44. The summed E-state index contributed by atoms with van der Waals surface area (Å²) in [5, 5.41) is 9.45. The van der Waals surface area contributed by atoms with Crippen LogP contribution >= 0.6 is 0 Å². The monoisotopic (exact) mass is 326 g/mol. The molecule has 0 saturated carbocycles. The fourth-order valence-corrected chi connectivity index (χ4v) is 3.30. The molecular formula is C19H18O5. The van der Waals surface area contributed by atoms with Gasteiger partial charge in [0.2, 0.25) is 0 Å². The van der Waals surface area contributed by atoms with Crippen molar-refractivity contribution >= 4 is 11.9 Å². The second-order valence-corrected chi connectivity index (χ2v) is 5.72. The van der Waals surface area contributed by atoms with Crippen LogP contribution in [0.25, 0.3) is 0 Å². The molecule has 0 bridgehead atoms. The Bertz CT molecular complexity index is 768. The number of benzene rings is 2. The molecule has 0 amide bonds. The average molecular weight is 326 g/mol. The van der Waals surface area contributed by atoms with Crippen molar-refractivity contribution in [2.75, 3.05) is 20.3 Å². The van der Waals surface area contributed by atoms with Gasteiger partial charge >= 0.3 is 11.9 Å². The van der Waals surface area contributed by atoms with Crippen LogP contribution in [0.1, 0.15) is 43.7 Å². The minimum atomic E-state index is -0.961. The van der Waals surface area contributed by atoms with Crippen molar-refractivity contribution < 1.29 is 24.2 Å². The summed E-state index contributed by atoms with van der Waals surface area (Å²) in [5.74, 6) is -1.58. The molecule has 5 heteroatoms. The van der Waals surface area contributed by atoms with Crippen molar-refractivity contribution in [1.29, 1.82) is 0 Å².